The molecule has 3 heteroatoms. The Kier molecular flexibility index (Phi) is 7.27. The molecule has 0 aliphatic rings. The summed E-state index contributed by atoms with van der Waals surface area (Å²) >= 11 is 0. The third-order valence-corrected chi connectivity index (χ3v) is 3.37. The lowest BCUT2D eigenvalue weighted by atomic mass is 9.89. The molecule has 0 aromatic heterocycles. The Morgan fingerprint density at radius 2 is 1.71 bits per heavy atom. The number of carbonyl (C=O) groups excluding carboxylic acids is 1. The van der Waals surface area contributed by atoms with Gasteiger partial charge in [0.2, 0.25) is 0 Å². The molecular formula is C18H28O3. The van der Waals surface area contributed by atoms with Crippen LogP contribution in [0, 0.1) is 5.41 Å². The van der Waals surface area contributed by atoms with Gasteiger partial charge in [-0.2, -0.15) is 0 Å². The zero-order valence-corrected chi connectivity index (χ0v) is 13.8. The third kappa shape index (κ3) is 8.38. The first-order valence-corrected chi connectivity index (χ1v) is 7.69. The lowest BCUT2D eigenvalue weighted by Crippen LogP contribution is -2.06. The zero-order chi connectivity index (χ0) is 15.7. The minimum absolute atomic E-state index is 0.110. The summed E-state index contributed by atoms with van der Waals surface area (Å²) in [6, 6.07) is 7.57. The Labute approximate surface area is 128 Å². The first kappa shape index (κ1) is 17.5. The van der Waals surface area contributed by atoms with Crippen LogP contribution in [0.5, 0.6) is 5.75 Å². The van der Waals surface area contributed by atoms with Crippen molar-refractivity contribution in [2.75, 3.05) is 7.11 Å². The number of rotatable bonds is 8. The minimum Gasteiger partial charge on any atom is -0.497 e. The topological polar surface area (TPSA) is 35.5 Å². The van der Waals surface area contributed by atoms with Gasteiger partial charge in [0.1, 0.15) is 12.4 Å². The molecule has 0 saturated heterocycles. The second kappa shape index (κ2) is 8.71. The highest BCUT2D eigenvalue weighted by atomic mass is 16.5. The van der Waals surface area contributed by atoms with Gasteiger partial charge >= 0.3 is 5.97 Å². The molecule has 0 radical (unpaired) electrons. The SMILES string of the molecule is COc1ccc(COC(=O)CCCCCC(C)(C)C)cc1. The molecule has 3 nitrogen and oxygen atoms in total. The molecular weight excluding hydrogens is 264 g/mol. The monoisotopic (exact) mass is 292 g/mol. The Hall–Kier alpha value is -1.51. The van der Waals surface area contributed by atoms with Crippen molar-refractivity contribution in [3.05, 3.63) is 29.8 Å². The number of hydrogen-bond donors (Lipinski definition) is 0. The van der Waals surface area contributed by atoms with Gasteiger partial charge in [-0.05, 0) is 36.0 Å². The smallest absolute Gasteiger partial charge is 0.306 e. The van der Waals surface area contributed by atoms with E-state index in [2.05, 4.69) is 20.8 Å². The molecule has 21 heavy (non-hydrogen) atoms. The number of esters is 1. The van der Waals surface area contributed by atoms with Gasteiger partial charge < -0.3 is 9.47 Å². The van der Waals surface area contributed by atoms with Crippen molar-refractivity contribution >= 4 is 5.97 Å². The van der Waals surface area contributed by atoms with Gasteiger partial charge in [0.05, 0.1) is 7.11 Å². The molecule has 0 bridgehead atoms. The number of benzene rings is 1. The molecule has 0 unspecified atom stereocenters. The van der Waals surface area contributed by atoms with E-state index in [0.717, 1.165) is 24.2 Å². The second-order valence-corrected chi connectivity index (χ2v) is 6.63. The molecule has 0 aliphatic heterocycles. The molecule has 0 atom stereocenters. The molecule has 0 spiro atoms. The quantitative estimate of drug-likeness (QED) is 0.513. The van der Waals surface area contributed by atoms with Crippen molar-refractivity contribution in [1.29, 1.82) is 0 Å². The maximum Gasteiger partial charge on any atom is 0.306 e. The highest BCUT2D eigenvalue weighted by Crippen LogP contribution is 2.22. The molecule has 0 N–H and O–H groups in total. The van der Waals surface area contributed by atoms with Crippen molar-refractivity contribution in [2.24, 2.45) is 5.41 Å². The van der Waals surface area contributed by atoms with Crippen LogP contribution < -0.4 is 4.74 Å². The summed E-state index contributed by atoms with van der Waals surface area (Å²) in [7, 11) is 1.63. The number of hydrogen-bond acceptors (Lipinski definition) is 3. The number of unbranched alkanes of at least 4 members (excludes halogenated alkanes) is 2. The van der Waals surface area contributed by atoms with E-state index in [1.54, 1.807) is 7.11 Å². The molecule has 1 aromatic rings. The standard InChI is InChI=1S/C18H28O3/c1-18(2,3)13-7-5-6-8-17(19)21-14-15-9-11-16(20-4)12-10-15/h9-12H,5-8,13-14H2,1-4H3. The fraction of sp³-hybridized carbons (Fsp3) is 0.611. The lowest BCUT2D eigenvalue weighted by molar-refractivity contribution is -0.145. The van der Waals surface area contributed by atoms with Crippen molar-refractivity contribution in [1.82, 2.24) is 0 Å². The van der Waals surface area contributed by atoms with Crippen LogP contribution in [0.1, 0.15) is 58.4 Å². The van der Waals surface area contributed by atoms with Crippen molar-refractivity contribution in [2.45, 2.75) is 59.5 Å². The van der Waals surface area contributed by atoms with E-state index < -0.39 is 0 Å². The van der Waals surface area contributed by atoms with Gasteiger partial charge in [0, 0.05) is 6.42 Å². The van der Waals surface area contributed by atoms with Crippen LogP contribution in [0.4, 0.5) is 0 Å². The minimum atomic E-state index is -0.110. The average Bonchev–Trinajstić information content (AvgIpc) is 2.44. The van der Waals surface area contributed by atoms with Crippen LogP contribution in [0.2, 0.25) is 0 Å². The first-order valence-electron chi connectivity index (χ1n) is 7.69. The number of methoxy groups -OCH3 is 1. The zero-order valence-electron chi connectivity index (χ0n) is 13.8. The number of carbonyl (C=O) groups is 1. The van der Waals surface area contributed by atoms with Crippen LogP contribution in [0.3, 0.4) is 0 Å². The first-order chi connectivity index (χ1) is 9.90. The summed E-state index contributed by atoms with van der Waals surface area (Å²) in [5, 5.41) is 0. The van der Waals surface area contributed by atoms with Gasteiger partial charge in [-0.25, -0.2) is 0 Å². The van der Waals surface area contributed by atoms with Crippen molar-refractivity contribution < 1.29 is 14.3 Å². The highest BCUT2D eigenvalue weighted by molar-refractivity contribution is 5.69. The Morgan fingerprint density at radius 3 is 2.29 bits per heavy atom. The summed E-state index contributed by atoms with van der Waals surface area (Å²) in [6.45, 7) is 7.08. The van der Waals surface area contributed by atoms with Crippen LogP contribution in [-0.2, 0) is 16.1 Å². The van der Waals surface area contributed by atoms with Crippen LogP contribution >= 0.6 is 0 Å². The summed E-state index contributed by atoms with van der Waals surface area (Å²) in [6.07, 6.45) is 4.90. The maximum atomic E-state index is 11.7. The van der Waals surface area contributed by atoms with Crippen LogP contribution in [-0.4, -0.2) is 13.1 Å². The largest absolute Gasteiger partial charge is 0.497 e. The Bertz CT molecular complexity index is 415. The molecule has 1 rings (SSSR count). The van der Waals surface area contributed by atoms with Gasteiger partial charge in [-0.3, -0.25) is 4.79 Å². The normalized spacial score (nSPS) is 11.2. The van der Waals surface area contributed by atoms with E-state index in [-0.39, 0.29) is 5.97 Å². The molecule has 118 valence electrons. The number of ether oxygens (including phenoxy) is 2. The molecule has 0 saturated carbocycles. The van der Waals surface area contributed by atoms with Gasteiger partial charge in [-0.1, -0.05) is 45.7 Å². The van der Waals surface area contributed by atoms with E-state index in [1.807, 2.05) is 24.3 Å². The fourth-order valence-corrected chi connectivity index (χ4v) is 2.06. The summed E-state index contributed by atoms with van der Waals surface area (Å²) < 4.78 is 10.4. The lowest BCUT2D eigenvalue weighted by Gasteiger charge is -2.17. The summed E-state index contributed by atoms with van der Waals surface area (Å²) in [5.74, 6) is 0.700. The molecule has 1 aromatic carbocycles. The average molecular weight is 292 g/mol. The van der Waals surface area contributed by atoms with E-state index in [4.69, 9.17) is 9.47 Å². The van der Waals surface area contributed by atoms with Gasteiger partial charge in [-0.15, -0.1) is 0 Å². The fourth-order valence-electron chi connectivity index (χ4n) is 2.06. The third-order valence-electron chi connectivity index (χ3n) is 3.37. The second-order valence-electron chi connectivity index (χ2n) is 6.63. The van der Waals surface area contributed by atoms with Crippen LogP contribution in [0.25, 0.3) is 0 Å². The van der Waals surface area contributed by atoms with Crippen LogP contribution in [0.15, 0.2) is 24.3 Å². The van der Waals surface area contributed by atoms with Gasteiger partial charge in [0.15, 0.2) is 0 Å². The van der Waals surface area contributed by atoms with E-state index in [9.17, 15) is 4.79 Å². The molecule has 0 aliphatic carbocycles. The summed E-state index contributed by atoms with van der Waals surface area (Å²) in [5.41, 5.74) is 1.37. The van der Waals surface area contributed by atoms with E-state index >= 15 is 0 Å². The predicted molar refractivity (Wildman–Crippen MR) is 85.3 cm³/mol. The molecule has 0 heterocycles. The van der Waals surface area contributed by atoms with E-state index in [1.165, 1.54) is 12.8 Å². The van der Waals surface area contributed by atoms with E-state index in [0.29, 0.717) is 18.4 Å². The Morgan fingerprint density at radius 1 is 1.05 bits per heavy atom. The maximum absolute atomic E-state index is 11.7. The summed E-state index contributed by atoms with van der Waals surface area (Å²) in [4.78, 5) is 11.7. The predicted octanol–water partition coefficient (Wildman–Crippen LogP) is 4.74. The Balaban J connectivity index is 2.13. The van der Waals surface area contributed by atoms with Crippen molar-refractivity contribution in [3.63, 3.8) is 0 Å². The highest BCUT2D eigenvalue weighted by Gasteiger charge is 2.09. The molecule has 0 amide bonds. The molecule has 0 fully saturated rings. The van der Waals surface area contributed by atoms with Gasteiger partial charge in [0.25, 0.3) is 0 Å². The van der Waals surface area contributed by atoms with Crippen molar-refractivity contribution in [3.8, 4) is 5.75 Å².